The highest BCUT2D eigenvalue weighted by Gasteiger charge is 2.43. The van der Waals surface area contributed by atoms with Crippen LogP contribution in [0.2, 0.25) is 0 Å². The van der Waals surface area contributed by atoms with Crippen molar-refractivity contribution in [1.29, 1.82) is 0 Å². The van der Waals surface area contributed by atoms with E-state index < -0.39 is 29.3 Å². The van der Waals surface area contributed by atoms with Gasteiger partial charge in [0, 0.05) is 0 Å². The first-order valence-corrected chi connectivity index (χ1v) is 5.43. The average Bonchev–Trinajstić information content (AvgIpc) is 2.28. The minimum atomic E-state index is -4.65. The number of hydrogen-bond donors (Lipinski definition) is 1. The molecule has 1 unspecified atom stereocenters. The maximum atomic E-state index is 13.1. The Morgan fingerprint density at radius 2 is 1.61 bits per heavy atom. The molecule has 1 aromatic rings. The van der Waals surface area contributed by atoms with Crippen LogP contribution in [0.15, 0.2) is 24.3 Å². The second-order valence-corrected chi connectivity index (χ2v) is 4.08. The van der Waals surface area contributed by atoms with Gasteiger partial charge in [-0.25, -0.2) is 8.78 Å². The van der Waals surface area contributed by atoms with Crippen LogP contribution in [-0.2, 0) is 11.7 Å². The largest absolute Gasteiger partial charge is 0.416 e. The maximum Gasteiger partial charge on any atom is 0.416 e. The molecule has 0 aromatic heterocycles. The lowest BCUT2D eigenvalue weighted by Crippen LogP contribution is -2.46. The van der Waals surface area contributed by atoms with Crippen molar-refractivity contribution in [2.45, 2.75) is 32.0 Å². The van der Waals surface area contributed by atoms with Crippen molar-refractivity contribution in [2.24, 2.45) is 0 Å². The van der Waals surface area contributed by atoms with E-state index in [1.165, 1.54) is 12.1 Å². The molecule has 0 heterocycles. The number of hydrogen-bond acceptors (Lipinski definition) is 1. The second-order valence-electron chi connectivity index (χ2n) is 4.08. The first-order valence-electron chi connectivity index (χ1n) is 5.43. The molecule has 1 atom stereocenters. The van der Waals surface area contributed by atoms with Gasteiger partial charge in [0.1, 0.15) is 5.54 Å². The summed E-state index contributed by atoms with van der Waals surface area (Å²) in [5.74, 6) is 0. The van der Waals surface area contributed by atoms with Crippen LogP contribution in [0.25, 0.3) is 0 Å². The zero-order chi connectivity index (χ0) is 14.0. The van der Waals surface area contributed by atoms with Crippen molar-refractivity contribution in [3.63, 3.8) is 0 Å². The Morgan fingerprint density at radius 1 is 1.11 bits per heavy atom. The molecule has 6 heteroatoms. The van der Waals surface area contributed by atoms with Gasteiger partial charge < -0.3 is 5.32 Å². The number of halogens is 5. The zero-order valence-electron chi connectivity index (χ0n) is 9.98. The summed E-state index contributed by atoms with van der Waals surface area (Å²) < 4.78 is 64.6. The van der Waals surface area contributed by atoms with Crippen molar-refractivity contribution >= 4 is 0 Å². The molecule has 0 radical (unpaired) electrons. The van der Waals surface area contributed by atoms with Gasteiger partial charge in [-0.2, -0.15) is 13.2 Å². The molecule has 1 rings (SSSR count). The molecule has 18 heavy (non-hydrogen) atoms. The van der Waals surface area contributed by atoms with E-state index >= 15 is 0 Å². The molecule has 0 saturated heterocycles. The Morgan fingerprint density at radius 3 is 2.00 bits per heavy atom. The Hall–Kier alpha value is -1.17. The zero-order valence-corrected chi connectivity index (χ0v) is 9.98. The van der Waals surface area contributed by atoms with E-state index in [9.17, 15) is 22.0 Å². The maximum absolute atomic E-state index is 13.1. The highest BCUT2D eigenvalue weighted by molar-refractivity contribution is 5.36. The van der Waals surface area contributed by atoms with E-state index in [-0.39, 0.29) is 6.54 Å². The van der Waals surface area contributed by atoms with E-state index in [0.717, 1.165) is 19.1 Å². The molecular formula is C12H14F5N. The van der Waals surface area contributed by atoms with Crippen LogP contribution in [0.4, 0.5) is 22.0 Å². The molecule has 0 aliphatic rings. The van der Waals surface area contributed by atoms with Crippen LogP contribution in [0, 0.1) is 0 Å². The van der Waals surface area contributed by atoms with Gasteiger partial charge in [0.25, 0.3) is 6.43 Å². The molecule has 1 N–H and O–H groups in total. The van der Waals surface area contributed by atoms with Gasteiger partial charge >= 0.3 is 6.18 Å². The summed E-state index contributed by atoms with van der Waals surface area (Å²) in [4.78, 5) is 0. The Kier molecular flexibility index (Phi) is 4.32. The summed E-state index contributed by atoms with van der Waals surface area (Å²) in [6.07, 6.45) is -7.59. The fourth-order valence-electron chi connectivity index (χ4n) is 1.84. The first kappa shape index (κ1) is 14.9. The summed E-state index contributed by atoms with van der Waals surface area (Å²) in [5, 5.41) is 2.44. The summed E-state index contributed by atoms with van der Waals surface area (Å²) in [7, 11) is 0. The summed E-state index contributed by atoms with van der Waals surface area (Å²) >= 11 is 0. The Bertz CT molecular complexity index is 402. The highest BCUT2D eigenvalue weighted by Crippen LogP contribution is 2.38. The molecular weight excluding hydrogens is 253 g/mol. The molecule has 1 nitrogen and oxygen atoms in total. The number of alkyl halides is 5. The first-order chi connectivity index (χ1) is 8.23. The summed E-state index contributed by atoms with van der Waals surface area (Å²) in [6, 6.07) is 4.40. The third-order valence-electron chi connectivity index (χ3n) is 2.77. The van der Waals surface area contributed by atoms with Crippen molar-refractivity contribution in [3.8, 4) is 0 Å². The smallest absolute Gasteiger partial charge is 0.303 e. The van der Waals surface area contributed by atoms with Crippen molar-refractivity contribution in [1.82, 2.24) is 5.32 Å². The highest BCUT2D eigenvalue weighted by atomic mass is 19.4. The van der Waals surface area contributed by atoms with Gasteiger partial charge in [0.2, 0.25) is 0 Å². The number of nitrogens with one attached hydrogen (secondary N) is 1. The van der Waals surface area contributed by atoms with Crippen molar-refractivity contribution in [2.75, 3.05) is 6.54 Å². The van der Waals surface area contributed by atoms with Crippen LogP contribution in [0.3, 0.4) is 0 Å². The Balaban J connectivity index is 3.38. The molecule has 0 aliphatic carbocycles. The van der Waals surface area contributed by atoms with Crippen LogP contribution in [-0.4, -0.2) is 13.0 Å². The lowest BCUT2D eigenvalue weighted by atomic mass is 9.88. The molecule has 1 aromatic carbocycles. The van der Waals surface area contributed by atoms with Crippen LogP contribution >= 0.6 is 0 Å². The van der Waals surface area contributed by atoms with E-state index in [0.29, 0.717) is 0 Å². The molecule has 0 aliphatic heterocycles. The predicted molar refractivity (Wildman–Crippen MR) is 58.5 cm³/mol. The summed E-state index contributed by atoms with van der Waals surface area (Å²) in [5.41, 5.74) is -3.48. The van der Waals surface area contributed by atoms with Crippen molar-refractivity contribution in [3.05, 3.63) is 35.4 Å². The van der Waals surface area contributed by atoms with Gasteiger partial charge in [-0.1, -0.05) is 25.1 Å². The minimum Gasteiger partial charge on any atom is -0.303 e. The predicted octanol–water partition coefficient (Wildman–Crippen LogP) is 3.80. The SMILES string of the molecule is CCNC(C)(c1ccccc1C(F)(F)F)C(F)F. The third kappa shape index (κ3) is 2.80. The number of benzene rings is 1. The molecule has 102 valence electrons. The monoisotopic (exact) mass is 267 g/mol. The quantitative estimate of drug-likeness (QED) is 0.818. The molecule has 0 amide bonds. The fourth-order valence-corrected chi connectivity index (χ4v) is 1.84. The minimum absolute atomic E-state index is 0.146. The summed E-state index contributed by atoms with van der Waals surface area (Å²) in [6.45, 7) is 2.79. The normalized spacial score (nSPS) is 15.8. The molecule has 0 saturated carbocycles. The molecule has 0 fully saturated rings. The van der Waals surface area contributed by atoms with E-state index in [1.807, 2.05) is 0 Å². The van der Waals surface area contributed by atoms with Gasteiger partial charge in [-0.05, 0) is 25.1 Å². The average molecular weight is 267 g/mol. The number of rotatable bonds is 4. The molecule has 0 bridgehead atoms. The van der Waals surface area contributed by atoms with E-state index in [4.69, 9.17) is 0 Å². The lowest BCUT2D eigenvalue weighted by molar-refractivity contribution is -0.139. The Labute approximate surface area is 102 Å². The van der Waals surface area contributed by atoms with Crippen LogP contribution in [0.5, 0.6) is 0 Å². The standard InChI is InChI=1S/C12H14F5N/c1-3-18-11(2,10(13)14)8-6-4-5-7-9(8)12(15,16)17/h4-7,10,18H,3H2,1-2H3. The van der Waals surface area contributed by atoms with Gasteiger partial charge in [0.05, 0.1) is 5.56 Å². The van der Waals surface area contributed by atoms with Gasteiger partial charge in [0.15, 0.2) is 0 Å². The van der Waals surface area contributed by atoms with Crippen molar-refractivity contribution < 1.29 is 22.0 Å². The lowest BCUT2D eigenvalue weighted by Gasteiger charge is -2.32. The van der Waals surface area contributed by atoms with Gasteiger partial charge in [-0.3, -0.25) is 0 Å². The topological polar surface area (TPSA) is 12.0 Å². The third-order valence-corrected chi connectivity index (χ3v) is 2.77. The van der Waals surface area contributed by atoms with E-state index in [1.54, 1.807) is 6.92 Å². The van der Waals surface area contributed by atoms with Crippen LogP contribution in [0.1, 0.15) is 25.0 Å². The van der Waals surface area contributed by atoms with Gasteiger partial charge in [-0.15, -0.1) is 0 Å². The molecule has 0 spiro atoms. The fraction of sp³-hybridized carbons (Fsp3) is 0.500. The second kappa shape index (κ2) is 5.22. The van der Waals surface area contributed by atoms with E-state index in [2.05, 4.69) is 5.32 Å². The van der Waals surface area contributed by atoms with Crippen LogP contribution < -0.4 is 5.32 Å².